The van der Waals surface area contributed by atoms with Gasteiger partial charge in [0.25, 0.3) is 0 Å². The molecule has 2 rings (SSSR count). The highest BCUT2D eigenvalue weighted by molar-refractivity contribution is 5.81. The summed E-state index contributed by atoms with van der Waals surface area (Å²) in [4.78, 5) is 20.6. The van der Waals surface area contributed by atoms with E-state index in [-0.39, 0.29) is 11.9 Å². The number of ether oxygens (including phenoxy) is 1. The zero-order chi connectivity index (χ0) is 21.9. The van der Waals surface area contributed by atoms with Crippen molar-refractivity contribution in [3.05, 3.63) is 29.3 Å². The van der Waals surface area contributed by atoms with Gasteiger partial charge in [-0.05, 0) is 50.8 Å². The van der Waals surface area contributed by atoms with Gasteiger partial charge >= 0.3 is 0 Å². The number of aliphatic imine (C=N–C) groups is 1. The van der Waals surface area contributed by atoms with Gasteiger partial charge in [0.05, 0.1) is 12.6 Å². The van der Waals surface area contributed by atoms with Crippen LogP contribution in [-0.2, 0) is 11.3 Å². The predicted molar refractivity (Wildman–Crippen MR) is 123 cm³/mol. The molecule has 1 heterocycles. The molecule has 0 aliphatic carbocycles. The quantitative estimate of drug-likeness (QED) is 0.348. The maximum Gasteiger partial charge on any atom is 0.239 e. The van der Waals surface area contributed by atoms with Gasteiger partial charge in [0.2, 0.25) is 5.91 Å². The Kier molecular flexibility index (Phi) is 9.94. The van der Waals surface area contributed by atoms with Crippen LogP contribution in [0.25, 0.3) is 0 Å². The molecule has 0 aromatic heterocycles. The number of aryl methyl sites for hydroxylation is 1. The van der Waals surface area contributed by atoms with Crippen molar-refractivity contribution >= 4 is 11.9 Å². The SMILES string of the molecule is CCCOc1cc(C)ccc1CNC(=NC)NCCCN1CCCC1C(=O)N(C)C. The summed E-state index contributed by atoms with van der Waals surface area (Å²) in [7, 11) is 5.46. The molecule has 1 atom stereocenters. The van der Waals surface area contributed by atoms with E-state index in [2.05, 4.69) is 52.6 Å². The number of carbonyl (C=O) groups excluding carboxylic acids is 1. The van der Waals surface area contributed by atoms with E-state index < -0.39 is 0 Å². The molecule has 2 N–H and O–H groups in total. The third-order valence-corrected chi connectivity index (χ3v) is 5.36. The van der Waals surface area contributed by atoms with Gasteiger partial charge in [0.1, 0.15) is 5.75 Å². The first-order valence-corrected chi connectivity index (χ1v) is 11.1. The lowest BCUT2D eigenvalue weighted by Crippen LogP contribution is -2.44. The number of amides is 1. The largest absolute Gasteiger partial charge is 0.493 e. The Morgan fingerprint density at radius 1 is 1.33 bits per heavy atom. The van der Waals surface area contributed by atoms with Gasteiger partial charge in [-0.2, -0.15) is 0 Å². The Hall–Kier alpha value is -2.28. The van der Waals surface area contributed by atoms with E-state index in [9.17, 15) is 4.79 Å². The van der Waals surface area contributed by atoms with Crippen LogP contribution in [0, 0.1) is 6.92 Å². The van der Waals surface area contributed by atoms with Crippen LogP contribution in [0.1, 0.15) is 43.7 Å². The van der Waals surface area contributed by atoms with Crippen molar-refractivity contribution in [1.29, 1.82) is 0 Å². The van der Waals surface area contributed by atoms with E-state index in [1.54, 1.807) is 11.9 Å². The normalized spacial score (nSPS) is 17.1. The number of hydrogen-bond acceptors (Lipinski definition) is 4. The topological polar surface area (TPSA) is 69.2 Å². The Balaban J connectivity index is 1.77. The number of likely N-dealkylation sites (N-methyl/N-ethyl adjacent to an activating group) is 1. The highest BCUT2D eigenvalue weighted by atomic mass is 16.5. The van der Waals surface area contributed by atoms with Crippen LogP contribution >= 0.6 is 0 Å². The van der Waals surface area contributed by atoms with E-state index in [0.717, 1.165) is 69.2 Å². The molecule has 0 radical (unpaired) electrons. The van der Waals surface area contributed by atoms with Crippen LogP contribution in [0.15, 0.2) is 23.2 Å². The van der Waals surface area contributed by atoms with Crippen molar-refractivity contribution in [3.8, 4) is 5.75 Å². The number of guanidine groups is 1. The zero-order valence-electron chi connectivity index (χ0n) is 19.3. The van der Waals surface area contributed by atoms with Crippen LogP contribution in [0.4, 0.5) is 0 Å². The number of likely N-dealkylation sites (tertiary alicyclic amines) is 1. The maximum absolute atomic E-state index is 12.3. The van der Waals surface area contributed by atoms with Crippen LogP contribution in [0.3, 0.4) is 0 Å². The third-order valence-electron chi connectivity index (χ3n) is 5.36. The van der Waals surface area contributed by atoms with E-state index in [4.69, 9.17) is 4.74 Å². The zero-order valence-corrected chi connectivity index (χ0v) is 19.3. The van der Waals surface area contributed by atoms with Gasteiger partial charge < -0.3 is 20.3 Å². The summed E-state index contributed by atoms with van der Waals surface area (Å²) >= 11 is 0. The molecule has 168 valence electrons. The van der Waals surface area contributed by atoms with Gasteiger partial charge in [-0.25, -0.2) is 0 Å². The van der Waals surface area contributed by atoms with E-state index in [0.29, 0.717) is 6.54 Å². The van der Waals surface area contributed by atoms with Crippen molar-refractivity contribution in [2.24, 2.45) is 4.99 Å². The average Bonchev–Trinajstić information content (AvgIpc) is 3.20. The lowest BCUT2D eigenvalue weighted by molar-refractivity contribution is -0.133. The minimum absolute atomic E-state index is 0.0421. The molecule has 0 spiro atoms. The van der Waals surface area contributed by atoms with Crippen molar-refractivity contribution in [3.63, 3.8) is 0 Å². The second-order valence-electron chi connectivity index (χ2n) is 8.09. The molecule has 0 saturated carbocycles. The number of benzene rings is 1. The Morgan fingerprint density at radius 2 is 2.13 bits per heavy atom. The molecule has 1 aromatic carbocycles. The highest BCUT2D eigenvalue weighted by Gasteiger charge is 2.30. The lowest BCUT2D eigenvalue weighted by Gasteiger charge is -2.26. The van der Waals surface area contributed by atoms with Crippen LogP contribution in [0.5, 0.6) is 5.75 Å². The fraction of sp³-hybridized carbons (Fsp3) is 0.652. The van der Waals surface area contributed by atoms with Crippen LogP contribution < -0.4 is 15.4 Å². The maximum atomic E-state index is 12.3. The van der Waals surface area contributed by atoms with Crippen molar-refractivity contribution < 1.29 is 9.53 Å². The minimum atomic E-state index is 0.0421. The Labute approximate surface area is 181 Å². The summed E-state index contributed by atoms with van der Waals surface area (Å²) in [5, 5.41) is 6.76. The van der Waals surface area contributed by atoms with E-state index >= 15 is 0 Å². The second kappa shape index (κ2) is 12.4. The predicted octanol–water partition coefficient (Wildman–Crippen LogP) is 2.39. The summed E-state index contributed by atoms with van der Waals surface area (Å²) in [6.45, 7) is 8.30. The van der Waals surface area contributed by atoms with Crippen LogP contribution in [0.2, 0.25) is 0 Å². The molecular weight excluding hydrogens is 378 g/mol. The molecule has 1 saturated heterocycles. The van der Waals surface area contributed by atoms with E-state index in [1.165, 1.54) is 5.56 Å². The first-order valence-electron chi connectivity index (χ1n) is 11.1. The standard InChI is InChI=1S/C23H39N5O2/c1-6-15-30-21-16-18(2)10-11-19(21)17-26-23(24-3)25-12-8-14-28-13-7-9-20(28)22(29)27(4)5/h10-11,16,20H,6-9,12-15,17H2,1-5H3,(H2,24,25,26). The van der Waals surface area contributed by atoms with Crippen LogP contribution in [-0.4, -0.2) is 75.1 Å². The minimum Gasteiger partial charge on any atom is -0.493 e. The number of hydrogen-bond donors (Lipinski definition) is 2. The lowest BCUT2D eigenvalue weighted by atomic mass is 10.1. The molecular formula is C23H39N5O2. The Bertz CT molecular complexity index is 705. The summed E-state index contributed by atoms with van der Waals surface area (Å²) in [5.74, 6) is 1.93. The molecule has 7 heteroatoms. The van der Waals surface area contributed by atoms with Gasteiger partial charge in [-0.1, -0.05) is 19.1 Å². The first-order chi connectivity index (χ1) is 14.5. The molecule has 1 aliphatic rings. The summed E-state index contributed by atoms with van der Waals surface area (Å²) < 4.78 is 5.90. The number of rotatable bonds is 10. The Morgan fingerprint density at radius 3 is 2.83 bits per heavy atom. The molecule has 30 heavy (non-hydrogen) atoms. The third kappa shape index (κ3) is 7.20. The molecule has 1 amide bonds. The second-order valence-corrected chi connectivity index (χ2v) is 8.09. The smallest absolute Gasteiger partial charge is 0.239 e. The monoisotopic (exact) mass is 417 g/mol. The molecule has 1 fully saturated rings. The van der Waals surface area contributed by atoms with Gasteiger partial charge in [-0.15, -0.1) is 0 Å². The van der Waals surface area contributed by atoms with Gasteiger partial charge in [0, 0.05) is 46.3 Å². The molecule has 1 aromatic rings. The molecule has 1 aliphatic heterocycles. The first kappa shape index (κ1) is 24.0. The molecule has 7 nitrogen and oxygen atoms in total. The summed E-state index contributed by atoms with van der Waals surface area (Å²) in [5.41, 5.74) is 2.32. The summed E-state index contributed by atoms with van der Waals surface area (Å²) in [6.07, 6.45) is 4.02. The number of nitrogens with one attached hydrogen (secondary N) is 2. The van der Waals surface area contributed by atoms with Gasteiger partial charge in [-0.3, -0.25) is 14.7 Å². The molecule has 0 bridgehead atoms. The van der Waals surface area contributed by atoms with Crippen molar-refractivity contribution in [1.82, 2.24) is 20.4 Å². The fourth-order valence-electron chi connectivity index (χ4n) is 3.71. The van der Waals surface area contributed by atoms with Crippen molar-refractivity contribution in [2.75, 3.05) is 47.4 Å². The van der Waals surface area contributed by atoms with E-state index in [1.807, 2.05) is 14.1 Å². The number of carbonyl (C=O) groups is 1. The summed E-state index contributed by atoms with van der Waals surface area (Å²) in [6, 6.07) is 6.34. The highest BCUT2D eigenvalue weighted by Crippen LogP contribution is 2.21. The average molecular weight is 418 g/mol. The number of nitrogens with zero attached hydrogens (tertiary/aromatic N) is 3. The van der Waals surface area contributed by atoms with Gasteiger partial charge in [0.15, 0.2) is 5.96 Å². The molecule has 1 unspecified atom stereocenters. The van der Waals surface area contributed by atoms with Crippen molar-refractivity contribution in [2.45, 2.75) is 52.1 Å². The fourth-order valence-corrected chi connectivity index (χ4v) is 3.71.